The smallest absolute Gasteiger partial charge is 0.335 e. The highest BCUT2D eigenvalue weighted by atomic mass is 35.5. The number of nitrogens with zero attached hydrogens (tertiary/aromatic N) is 1. The second-order valence-corrected chi connectivity index (χ2v) is 9.53. The van der Waals surface area contributed by atoms with Crippen molar-refractivity contribution in [2.24, 2.45) is 0 Å². The van der Waals surface area contributed by atoms with E-state index in [4.69, 9.17) is 25.8 Å². The summed E-state index contributed by atoms with van der Waals surface area (Å²) in [7, 11) is 1.43. The Balaban J connectivity index is 1.32. The summed E-state index contributed by atoms with van der Waals surface area (Å²) in [6.45, 7) is 0.214. The molecule has 1 aliphatic heterocycles. The highest BCUT2D eigenvalue weighted by molar-refractivity contribution is 6.39. The fraction of sp³-hybridized carbons (Fsp3) is 0.0938. The molecule has 0 unspecified atom stereocenters. The van der Waals surface area contributed by atoms with Gasteiger partial charge in [-0.3, -0.25) is 14.9 Å². The zero-order chi connectivity index (χ0) is 29.6. The third-order valence-electron chi connectivity index (χ3n) is 6.39. The molecule has 42 heavy (non-hydrogen) atoms. The third-order valence-corrected chi connectivity index (χ3v) is 6.76. The number of urea groups is 1. The van der Waals surface area contributed by atoms with E-state index in [0.29, 0.717) is 33.4 Å². The summed E-state index contributed by atoms with van der Waals surface area (Å²) in [5, 5.41) is 2.78. The molecular formula is C32H24ClFN2O6. The van der Waals surface area contributed by atoms with Crippen LogP contribution in [0.2, 0.25) is 5.02 Å². The Hall–Kier alpha value is -5.15. The zero-order valence-corrected chi connectivity index (χ0v) is 23.1. The van der Waals surface area contributed by atoms with Crippen molar-refractivity contribution in [1.82, 2.24) is 5.32 Å². The van der Waals surface area contributed by atoms with Crippen LogP contribution in [0.3, 0.4) is 0 Å². The molecule has 4 aromatic carbocycles. The summed E-state index contributed by atoms with van der Waals surface area (Å²) >= 11 is 6.17. The van der Waals surface area contributed by atoms with Gasteiger partial charge < -0.3 is 14.2 Å². The van der Waals surface area contributed by atoms with Gasteiger partial charge in [0, 0.05) is 16.1 Å². The van der Waals surface area contributed by atoms with Gasteiger partial charge in [-0.05, 0) is 60.2 Å². The molecule has 0 aromatic heterocycles. The molecule has 0 aliphatic carbocycles. The molecule has 1 N–H and O–H groups in total. The number of anilines is 1. The van der Waals surface area contributed by atoms with Crippen LogP contribution in [0.15, 0.2) is 96.6 Å². The van der Waals surface area contributed by atoms with Gasteiger partial charge in [-0.2, -0.15) is 0 Å². The van der Waals surface area contributed by atoms with Crippen LogP contribution < -0.4 is 24.4 Å². The van der Waals surface area contributed by atoms with E-state index in [9.17, 15) is 18.8 Å². The number of benzene rings is 4. The first-order chi connectivity index (χ1) is 20.3. The van der Waals surface area contributed by atoms with Crippen LogP contribution in [-0.4, -0.2) is 25.0 Å². The summed E-state index contributed by atoms with van der Waals surface area (Å²) in [5.74, 6) is -0.870. The lowest BCUT2D eigenvalue weighted by Crippen LogP contribution is -2.54. The number of barbiturate groups is 1. The Morgan fingerprint density at radius 1 is 0.833 bits per heavy atom. The predicted molar refractivity (Wildman–Crippen MR) is 155 cm³/mol. The molecule has 1 fully saturated rings. The number of hydrogen-bond acceptors (Lipinski definition) is 6. The van der Waals surface area contributed by atoms with Crippen molar-refractivity contribution in [2.75, 3.05) is 12.0 Å². The van der Waals surface area contributed by atoms with Crippen LogP contribution >= 0.6 is 11.6 Å². The molecule has 0 bridgehead atoms. The van der Waals surface area contributed by atoms with E-state index in [1.165, 1.54) is 31.4 Å². The van der Waals surface area contributed by atoms with Crippen LogP contribution in [0.5, 0.6) is 17.2 Å². The van der Waals surface area contributed by atoms with E-state index in [1.807, 2.05) is 18.2 Å². The van der Waals surface area contributed by atoms with Crippen LogP contribution in [-0.2, 0) is 22.8 Å². The minimum atomic E-state index is -0.874. The minimum absolute atomic E-state index is 0.0226. The number of imide groups is 2. The number of carbonyl (C=O) groups excluding carboxylic acids is 3. The molecule has 212 valence electrons. The lowest BCUT2D eigenvalue weighted by atomic mass is 10.1. The van der Waals surface area contributed by atoms with Gasteiger partial charge >= 0.3 is 6.03 Å². The zero-order valence-electron chi connectivity index (χ0n) is 22.3. The number of ether oxygens (including phenoxy) is 3. The SMILES string of the molecule is COc1cc(/C=C2\C(=O)NC(=O)N(c3ccc(OCc4ccccc4Cl)cc3)C2=O)ccc1OCc1ccccc1F. The summed E-state index contributed by atoms with van der Waals surface area (Å²) in [5.41, 5.74) is 1.62. The summed E-state index contributed by atoms with van der Waals surface area (Å²) in [6, 6.07) is 23.7. The summed E-state index contributed by atoms with van der Waals surface area (Å²) in [4.78, 5) is 39.5. The number of nitrogens with one attached hydrogen (secondary N) is 1. The molecule has 5 rings (SSSR count). The maximum atomic E-state index is 14.0. The quantitative estimate of drug-likeness (QED) is 0.182. The van der Waals surface area contributed by atoms with Gasteiger partial charge in [-0.1, -0.05) is 54.1 Å². The Morgan fingerprint density at radius 3 is 2.24 bits per heavy atom. The van der Waals surface area contributed by atoms with Crippen molar-refractivity contribution >= 4 is 41.2 Å². The van der Waals surface area contributed by atoms with Crippen molar-refractivity contribution in [2.45, 2.75) is 13.2 Å². The van der Waals surface area contributed by atoms with Crippen LogP contribution in [0.25, 0.3) is 6.08 Å². The second kappa shape index (κ2) is 12.6. The molecule has 0 saturated carbocycles. The van der Waals surface area contributed by atoms with E-state index in [-0.39, 0.29) is 24.5 Å². The van der Waals surface area contributed by atoms with Crippen LogP contribution in [0.1, 0.15) is 16.7 Å². The molecule has 1 heterocycles. The Bertz CT molecular complexity index is 1690. The van der Waals surface area contributed by atoms with Gasteiger partial charge in [0.15, 0.2) is 11.5 Å². The molecule has 1 saturated heterocycles. The molecule has 10 heteroatoms. The predicted octanol–water partition coefficient (Wildman–Crippen LogP) is 6.31. The van der Waals surface area contributed by atoms with Crippen LogP contribution in [0, 0.1) is 5.82 Å². The standard InChI is InChI=1S/C32H24ClFN2O6/c1-40-29-17-20(10-15-28(29)42-19-22-7-3-5-9-27(22)34)16-25-30(37)35-32(39)36(31(25)38)23-11-13-24(14-12-23)41-18-21-6-2-4-8-26(21)33/h2-17H,18-19H2,1H3,(H,35,37,39)/b25-16+. The van der Waals surface area contributed by atoms with Crippen LogP contribution in [0.4, 0.5) is 14.9 Å². The fourth-order valence-electron chi connectivity index (χ4n) is 4.19. The Morgan fingerprint density at radius 2 is 1.52 bits per heavy atom. The Kier molecular flexibility index (Phi) is 8.50. The van der Waals surface area contributed by atoms with Crippen molar-refractivity contribution < 1.29 is 33.0 Å². The first-order valence-corrected chi connectivity index (χ1v) is 13.1. The highest BCUT2D eigenvalue weighted by Crippen LogP contribution is 2.31. The summed E-state index contributed by atoms with van der Waals surface area (Å²) < 4.78 is 30.9. The van der Waals surface area contributed by atoms with Gasteiger partial charge in [0.25, 0.3) is 11.8 Å². The van der Waals surface area contributed by atoms with E-state index < -0.39 is 23.7 Å². The van der Waals surface area contributed by atoms with Gasteiger partial charge in [0.2, 0.25) is 0 Å². The molecule has 4 amide bonds. The van der Waals surface area contributed by atoms with E-state index in [2.05, 4.69) is 5.32 Å². The lowest BCUT2D eigenvalue weighted by Gasteiger charge is -2.26. The lowest BCUT2D eigenvalue weighted by molar-refractivity contribution is -0.122. The highest BCUT2D eigenvalue weighted by Gasteiger charge is 2.36. The number of hydrogen-bond donors (Lipinski definition) is 1. The largest absolute Gasteiger partial charge is 0.493 e. The molecule has 0 atom stereocenters. The normalized spacial score (nSPS) is 14.1. The average molecular weight is 587 g/mol. The molecular weight excluding hydrogens is 563 g/mol. The summed E-state index contributed by atoms with van der Waals surface area (Å²) in [6.07, 6.45) is 1.35. The molecule has 0 radical (unpaired) electrons. The van der Waals surface area contributed by atoms with Crippen molar-refractivity contribution in [3.63, 3.8) is 0 Å². The fourth-order valence-corrected chi connectivity index (χ4v) is 4.38. The van der Waals surface area contributed by atoms with E-state index in [0.717, 1.165) is 10.5 Å². The topological polar surface area (TPSA) is 94.2 Å². The van der Waals surface area contributed by atoms with Crippen molar-refractivity contribution in [1.29, 1.82) is 0 Å². The second-order valence-electron chi connectivity index (χ2n) is 9.12. The molecule has 1 aliphatic rings. The van der Waals surface area contributed by atoms with E-state index in [1.54, 1.807) is 54.6 Å². The number of amides is 4. The van der Waals surface area contributed by atoms with Crippen molar-refractivity contribution in [3.8, 4) is 17.2 Å². The third kappa shape index (κ3) is 6.26. The number of rotatable bonds is 9. The molecule has 4 aromatic rings. The maximum Gasteiger partial charge on any atom is 0.335 e. The maximum absolute atomic E-state index is 14.0. The first kappa shape index (κ1) is 28.4. The monoisotopic (exact) mass is 586 g/mol. The molecule has 8 nitrogen and oxygen atoms in total. The number of halogens is 2. The van der Waals surface area contributed by atoms with E-state index >= 15 is 0 Å². The first-order valence-electron chi connectivity index (χ1n) is 12.8. The van der Waals surface area contributed by atoms with Gasteiger partial charge in [0.1, 0.15) is 30.4 Å². The van der Waals surface area contributed by atoms with Gasteiger partial charge in [0.05, 0.1) is 12.8 Å². The average Bonchev–Trinajstić information content (AvgIpc) is 2.99. The number of methoxy groups -OCH3 is 1. The van der Waals surface area contributed by atoms with Gasteiger partial charge in [-0.25, -0.2) is 14.1 Å². The van der Waals surface area contributed by atoms with Crippen molar-refractivity contribution in [3.05, 3.63) is 124 Å². The van der Waals surface area contributed by atoms with Gasteiger partial charge in [-0.15, -0.1) is 0 Å². The molecule has 0 spiro atoms. The number of carbonyl (C=O) groups is 3. The minimum Gasteiger partial charge on any atom is -0.493 e. The Labute approximate surface area is 245 Å².